The molecule has 1 aliphatic carbocycles. The second kappa shape index (κ2) is 6.15. The normalized spacial score (nSPS) is 17.5. The smallest absolute Gasteiger partial charge is 0.173 e. The van der Waals surface area contributed by atoms with Crippen LogP contribution in [0.5, 0.6) is 0 Å². The Hall–Kier alpha value is -1.42. The quantitative estimate of drug-likeness (QED) is 0.387. The molecule has 0 heterocycles. The van der Waals surface area contributed by atoms with Gasteiger partial charge in [-0.1, -0.05) is 42.1 Å². The number of nitrogens with two attached hydrogens (primary N) is 1. The molecule has 5 heteroatoms. The minimum Gasteiger partial charge on any atom is -0.409 e. The van der Waals surface area contributed by atoms with E-state index in [4.69, 9.17) is 22.5 Å². The average Bonchev–Trinajstić information content (AvgIpc) is 2.46. The fourth-order valence-corrected chi connectivity index (χ4v) is 3.04. The van der Waals surface area contributed by atoms with Crippen molar-refractivity contribution in [3.05, 3.63) is 28.8 Å². The molecule has 19 heavy (non-hydrogen) atoms. The molecule has 2 rings (SSSR count). The molecule has 0 bridgehead atoms. The highest BCUT2D eigenvalue weighted by atomic mass is 35.5. The summed E-state index contributed by atoms with van der Waals surface area (Å²) in [6.07, 6.45) is 6.19. The molecule has 1 aromatic carbocycles. The van der Waals surface area contributed by atoms with Crippen LogP contribution in [-0.4, -0.2) is 24.1 Å². The van der Waals surface area contributed by atoms with Crippen LogP contribution in [0, 0.1) is 0 Å². The first kappa shape index (κ1) is 14.0. The van der Waals surface area contributed by atoms with Crippen molar-refractivity contribution in [2.24, 2.45) is 10.9 Å². The van der Waals surface area contributed by atoms with Crippen molar-refractivity contribution in [2.45, 2.75) is 38.1 Å². The first-order valence-electron chi connectivity index (χ1n) is 6.64. The maximum atomic E-state index is 8.92. The van der Waals surface area contributed by atoms with Crippen LogP contribution < -0.4 is 10.6 Å². The van der Waals surface area contributed by atoms with Gasteiger partial charge in [0.05, 0.1) is 10.6 Å². The van der Waals surface area contributed by atoms with E-state index in [1.807, 2.05) is 12.1 Å². The summed E-state index contributed by atoms with van der Waals surface area (Å²) in [4.78, 5) is 2.21. The molecule has 4 nitrogen and oxygen atoms in total. The summed E-state index contributed by atoms with van der Waals surface area (Å²) in [5.74, 6) is 0.0586. The maximum Gasteiger partial charge on any atom is 0.173 e. The molecule has 0 unspecified atom stereocenters. The number of halogens is 1. The summed E-state index contributed by atoms with van der Waals surface area (Å²) in [5.41, 5.74) is 7.29. The van der Waals surface area contributed by atoms with E-state index >= 15 is 0 Å². The number of nitrogens with zero attached hydrogens (tertiary/aromatic N) is 2. The molecule has 0 spiro atoms. The summed E-state index contributed by atoms with van der Waals surface area (Å²) in [6.45, 7) is 0. The van der Waals surface area contributed by atoms with Crippen molar-refractivity contribution in [3.8, 4) is 0 Å². The monoisotopic (exact) mass is 281 g/mol. The zero-order chi connectivity index (χ0) is 13.8. The fraction of sp³-hybridized carbons (Fsp3) is 0.500. The lowest BCUT2D eigenvalue weighted by molar-refractivity contribution is 0.318. The molecular formula is C14H20ClN3O. The Balaban J connectivity index is 2.35. The van der Waals surface area contributed by atoms with E-state index in [0.29, 0.717) is 16.6 Å². The molecule has 3 N–H and O–H groups in total. The van der Waals surface area contributed by atoms with Gasteiger partial charge in [-0.15, -0.1) is 0 Å². The molecule has 1 saturated carbocycles. The lowest BCUT2D eigenvalue weighted by Gasteiger charge is -2.34. The van der Waals surface area contributed by atoms with Crippen LogP contribution in [0.3, 0.4) is 0 Å². The van der Waals surface area contributed by atoms with Gasteiger partial charge in [-0.25, -0.2) is 0 Å². The Bertz CT molecular complexity index is 470. The lowest BCUT2D eigenvalue weighted by atomic mass is 9.93. The molecule has 0 saturated heterocycles. The van der Waals surface area contributed by atoms with Crippen molar-refractivity contribution in [1.29, 1.82) is 0 Å². The van der Waals surface area contributed by atoms with Crippen LogP contribution in [0.2, 0.25) is 5.02 Å². The van der Waals surface area contributed by atoms with Crippen LogP contribution in [0.25, 0.3) is 0 Å². The highest BCUT2D eigenvalue weighted by Crippen LogP contribution is 2.31. The minimum atomic E-state index is 0.0586. The first-order valence-corrected chi connectivity index (χ1v) is 7.02. The van der Waals surface area contributed by atoms with Gasteiger partial charge in [0, 0.05) is 18.8 Å². The number of rotatable bonds is 3. The minimum absolute atomic E-state index is 0.0586. The first-order chi connectivity index (χ1) is 9.15. The van der Waals surface area contributed by atoms with Crippen LogP contribution in [-0.2, 0) is 0 Å². The Morgan fingerprint density at radius 3 is 2.68 bits per heavy atom. The molecule has 0 aliphatic heterocycles. The van der Waals surface area contributed by atoms with Crippen LogP contribution >= 0.6 is 11.6 Å². The van der Waals surface area contributed by atoms with Crippen LogP contribution in [0.15, 0.2) is 23.4 Å². The van der Waals surface area contributed by atoms with Crippen LogP contribution in [0.4, 0.5) is 5.69 Å². The lowest BCUT2D eigenvalue weighted by Crippen LogP contribution is -2.35. The third-order valence-corrected chi connectivity index (χ3v) is 4.17. The van der Waals surface area contributed by atoms with E-state index in [1.165, 1.54) is 32.1 Å². The summed E-state index contributed by atoms with van der Waals surface area (Å²) in [7, 11) is 2.05. The molecule has 1 fully saturated rings. The van der Waals surface area contributed by atoms with Crippen molar-refractivity contribution in [2.75, 3.05) is 11.9 Å². The van der Waals surface area contributed by atoms with E-state index in [0.717, 1.165) is 5.69 Å². The zero-order valence-electron chi connectivity index (χ0n) is 11.1. The van der Waals surface area contributed by atoms with Gasteiger partial charge in [-0.2, -0.15) is 0 Å². The molecular weight excluding hydrogens is 262 g/mol. The van der Waals surface area contributed by atoms with Gasteiger partial charge in [-0.05, 0) is 25.0 Å². The van der Waals surface area contributed by atoms with E-state index < -0.39 is 0 Å². The van der Waals surface area contributed by atoms with E-state index in [9.17, 15) is 0 Å². The Morgan fingerprint density at radius 2 is 2.05 bits per heavy atom. The topological polar surface area (TPSA) is 61.8 Å². The Kier molecular flexibility index (Phi) is 4.53. The zero-order valence-corrected chi connectivity index (χ0v) is 11.9. The second-order valence-corrected chi connectivity index (χ2v) is 5.43. The molecule has 1 aliphatic rings. The maximum absolute atomic E-state index is 8.92. The number of hydrogen-bond donors (Lipinski definition) is 2. The molecule has 0 aromatic heterocycles. The third-order valence-electron chi connectivity index (χ3n) is 3.86. The van der Waals surface area contributed by atoms with Crippen molar-refractivity contribution in [3.63, 3.8) is 0 Å². The highest BCUT2D eigenvalue weighted by Gasteiger charge is 2.22. The SMILES string of the molecule is CN(c1cccc(Cl)c1C(N)=NO)C1CCCCC1. The highest BCUT2D eigenvalue weighted by molar-refractivity contribution is 6.34. The summed E-state index contributed by atoms with van der Waals surface area (Å²) in [6, 6.07) is 6.11. The predicted octanol–water partition coefficient (Wildman–Crippen LogP) is 3.20. The summed E-state index contributed by atoms with van der Waals surface area (Å²) in [5, 5.41) is 12.5. The van der Waals surface area contributed by atoms with Gasteiger partial charge in [0.25, 0.3) is 0 Å². The van der Waals surface area contributed by atoms with E-state index in [1.54, 1.807) is 6.07 Å². The number of amidine groups is 1. The average molecular weight is 282 g/mol. The van der Waals surface area contributed by atoms with Gasteiger partial charge in [-0.3, -0.25) is 0 Å². The fourth-order valence-electron chi connectivity index (χ4n) is 2.78. The molecule has 0 amide bonds. The summed E-state index contributed by atoms with van der Waals surface area (Å²) < 4.78 is 0. The molecule has 0 radical (unpaired) electrons. The van der Waals surface area contributed by atoms with Crippen molar-refractivity contribution < 1.29 is 5.21 Å². The molecule has 0 atom stereocenters. The largest absolute Gasteiger partial charge is 0.409 e. The Morgan fingerprint density at radius 1 is 1.37 bits per heavy atom. The van der Waals surface area contributed by atoms with Gasteiger partial charge < -0.3 is 15.8 Å². The molecule has 104 valence electrons. The van der Waals surface area contributed by atoms with Gasteiger partial charge >= 0.3 is 0 Å². The third kappa shape index (κ3) is 2.95. The van der Waals surface area contributed by atoms with Crippen molar-refractivity contribution >= 4 is 23.1 Å². The summed E-state index contributed by atoms with van der Waals surface area (Å²) >= 11 is 6.19. The molecule has 1 aromatic rings. The van der Waals surface area contributed by atoms with Crippen LogP contribution in [0.1, 0.15) is 37.7 Å². The number of benzene rings is 1. The van der Waals surface area contributed by atoms with Crippen molar-refractivity contribution in [1.82, 2.24) is 0 Å². The van der Waals surface area contributed by atoms with E-state index in [2.05, 4.69) is 17.1 Å². The van der Waals surface area contributed by atoms with Gasteiger partial charge in [0.15, 0.2) is 5.84 Å². The van der Waals surface area contributed by atoms with Gasteiger partial charge in [0.2, 0.25) is 0 Å². The number of oxime groups is 1. The second-order valence-electron chi connectivity index (χ2n) is 5.02. The number of hydrogen-bond acceptors (Lipinski definition) is 3. The van der Waals surface area contributed by atoms with Gasteiger partial charge in [0.1, 0.15) is 0 Å². The Labute approximate surface area is 118 Å². The predicted molar refractivity (Wildman–Crippen MR) is 79.2 cm³/mol. The number of anilines is 1. The standard InChI is InChI=1S/C14H20ClN3O/c1-18(10-6-3-2-4-7-10)12-9-5-8-11(15)13(12)14(16)17-19/h5,8-10,19H,2-4,6-7H2,1H3,(H2,16,17). The van der Waals surface area contributed by atoms with E-state index in [-0.39, 0.29) is 5.84 Å².